The lowest BCUT2D eigenvalue weighted by atomic mass is 9.89. The van der Waals surface area contributed by atoms with Crippen molar-refractivity contribution in [2.24, 2.45) is 11.8 Å². The highest BCUT2D eigenvalue weighted by molar-refractivity contribution is 5.94. The number of piperidine rings is 1. The van der Waals surface area contributed by atoms with E-state index in [2.05, 4.69) is 20.2 Å². The van der Waals surface area contributed by atoms with Gasteiger partial charge in [0.15, 0.2) is 5.67 Å². The molecule has 1 aromatic carbocycles. The molecule has 2 fully saturated rings. The van der Waals surface area contributed by atoms with Crippen molar-refractivity contribution in [3.63, 3.8) is 0 Å². The van der Waals surface area contributed by atoms with Crippen LogP contribution in [0.4, 0.5) is 10.3 Å². The van der Waals surface area contributed by atoms with Crippen molar-refractivity contribution in [1.82, 2.24) is 25.3 Å². The Labute approximate surface area is 237 Å². The average molecular weight is 555 g/mol. The number of carbonyl (C=O) groups is 1. The number of hydrogen-bond donors (Lipinski definition) is 1. The number of pyridine rings is 2. The summed E-state index contributed by atoms with van der Waals surface area (Å²) in [6.45, 7) is 5.52. The Morgan fingerprint density at radius 3 is 2.88 bits per heavy atom. The number of benzene rings is 1. The second-order valence-corrected chi connectivity index (χ2v) is 11.3. The quantitative estimate of drug-likeness (QED) is 0.392. The van der Waals surface area contributed by atoms with E-state index in [1.54, 1.807) is 30.6 Å². The largest absolute Gasteiger partial charge is 0.381 e. The van der Waals surface area contributed by atoms with Crippen molar-refractivity contribution in [3.05, 3.63) is 77.2 Å². The summed E-state index contributed by atoms with van der Waals surface area (Å²) < 4.78 is 25.9. The molecule has 0 unspecified atom stereocenters. The first-order chi connectivity index (χ1) is 19.9. The molecule has 3 atom stereocenters. The normalized spacial score (nSPS) is 23.7. The van der Waals surface area contributed by atoms with Gasteiger partial charge in [-0.2, -0.15) is 0 Å². The van der Waals surface area contributed by atoms with Crippen LogP contribution in [0, 0.1) is 11.8 Å². The number of ether oxygens (including phenoxy) is 2. The lowest BCUT2D eigenvalue weighted by Gasteiger charge is -2.33. The zero-order valence-electron chi connectivity index (χ0n) is 22.8. The maximum Gasteiger partial charge on any atom is 0.251 e. The van der Waals surface area contributed by atoms with Crippen LogP contribution < -0.4 is 10.2 Å². The van der Waals surface area contributed by atoms with Gasteiger partial charge in [0.25, 0.3) is 5.91 Å². The highest BCUT2D eigenvalue weighted by Gasteiger charge is 2.35. The molecule has 41 heavy (non-hydrogen) atoms. The predicted octanol–water partition coefficient (Wildman–Crippen LogP) is 4.20. The molecule has 0 spiro atoms. The molecule has 9 nitrogen and oxygen atoms in total. The van der Waals surface area contributed by atoms with Crippen molar-refractivity contribution < 1.29 is 18.7 Å². The summed E-state index contributed by atoms with van der Waals surface area (Å²) in [4.78, 5) is 33.9. The molecule has 6 heterocycles. The minimum Gasteiger partial charge on any atom is -0.381 e. The number of rotatable bonds is 5. The fourth-order valence-corrected chi connectivity index (χ4v) is 6.01. The van der Waals surface area contributed by atoms with Crippen molar-refractivity contribution in [2.45, 2.75) is 32.2 Å². The van der Waals surface area contributed by atoms with Gasteiger partial charge in [-0.05, 0) is 66.8 Å². The molecular formula is C31H31FN6O3. The van der Waals surface area contributed by atoms with Crippen LogP contribution in [-0.2, 0) is 28.3 Å². The summed E-state index contributed by atoms with van der Waals surface area (Å²) in [5.74, 6) is 1.60. The summed E-state index contributed by atoms with van der Waals surface area (Å²) in [5, 5.41) is 3.79. The number of alkyl halides is 1. The fraction of sp³-hybridized carbons (Fsp3) is 0.387. The van der Waals surface area contributed by atoms with Gasteiger partial charge in [-0.15, -0.1) is 0 Å². The highest BCUT2D eigenvalue weighted by Crippen LogP contribution is 2.34. The second kappa shape index (κ2) is 10.4. The number of halogens is 1. The molecule has 1 N–H and O–H groups in total. The van der Waals surface area contributed by atoms with Gasteiger partial charge in [0, 0.05) is 49.0 Å². The summed E-state index contributed by atoms with van der Waals surface area (Å²) in [6, 6.07) is 12.7. The molecule has 7 rings (SSSR count). The molecule has 0 radical (unpaired) electrons. The first kappa shape index (κ1) is 25.9. The molecule has 0 bridgehead atoms. The first-order valence-corrected chi connectivity index (χ1v) is 14.0. The number of hydrogen-bond acceptors (Lipinski definition) is 8. The Hall–Kier alpha value is -4.02. The Balaban J connectivity index is 1.07. The standard InChI is InChI=1S/C31H31FN6O3/c1-31(32)18-41-16-22-3-2-19(10-25(22)31)29(39)35-13-24-11-28-20(12-34-24)4-5-26(36-28)27-6-8-33-30(37-27)38-9-7-21-15-40-17-23(21)14-38/h2-6,8,10-12,21,23H,7,9,13-18H2,1H3,(H,35,39)/t21-,23-,31+/m0/s1. The molecule has 3 aliphatic rings. The Kier molecular flexibility index (Phi) is 6.59. The Morgan fingerprint density at radius 2 is 1.95 bits per heavy atom. The molecule has 2 saturated heterocycles. The van der Waals surface area contributed by atoms with Crippen LogP contribution in [0.2, 0.25) is 0 Å². The summed E-state index contributed by atoms with van der Waals surface area (Å²) >= 11 is 0. The molecule has 3 aromatic heterocycles. The number of aromatic nitrogens is 4. The minimum absolute atomic E-state index is 0.0219. The third kappa shape index (κ3) is 5.13. The van der Waals surface area contributed by atoms with Gasteiger partial charge in [0.1, 0.15) is 0 Å². The zero-order chi connectivity index (χ0) is 28.0. The van der Waals surface area contributed by atoms with Gasteiger partial charge in [0.2, 0.25) is 5.95 Å². The lowest BCUT2D eigenvalue weighted by Crippen LogP contribution is -2.40. The molecule has 0 saturated carbocycles. The fourth-order valence-electron chi connectivity index (χ4n) is 6.01. The van der Waals surface area contributed by atoms with E-state index in [9.17, 15) is 9.18 Å². The van der Waals surface area contributed by atoms with Crippen LogP contribution in [0.1, 0.15) is 40.5 Å². The van der Waals surface area contributed by atoms with E-state index in [1.165, 1.54) is 6.92 Å². The van der Waals surface area contributed by atoms with Crippen molar-refractivity contribution in [2.75, 3.05) is 37.8 Å². The average Bonchev–Trinajstić information content (AvgIpc) is 3.47. The van der Waals surface area contributed by atoms with Gasteiger partial charge in [-0.3, -0.25) is 9.78 Å². The van der Waals surface area contributed by atoms with E-state index in [4.69, 9.17) is 19.4 Å². The maximum absolute atomic E-state index is 14.9. The number of anilines is 1. The minimum atomic E-state index is -1.63. The molecule has 3 aliphatic heterocycles. The predicted molar refractivity (Wildman–Crippen MR) is 151 cm³/mol. The molecular weight excluding hydrogens is 523 g/mol. The van der Waals surface area contributed by atoms with Crippen LogP contribution in [-0.4, -0.2) is 58.8 Å². The highest BCUT2D eigenvalue weighted by atomic mass is 19.1. The second-order valence-electron chi connectivity index (χ2n) is 11.3. The smallest absolute Gasteiger partial charge is 0.251 e. The van der Waals surface area contributed by atoms with Crippen LogP contribution >= 0.6 is 0 Å². The Morgan fingerprint density at radius 1 is 1.07 bits per heavy atom. The molecule has 4 aromatic rings. The van der Waals surface area contributed by atoms with Crippen LogP contribution in [0.15, 0.2) is 54.9 Å². The van der Waals surface area contributed by atoms with Gasteiger partial charge in [0.05, 0.1) is 49.0 Å². The number of carbonyl (C=O) groups excluding carboxylic acids is 1. The van der Waals surface area contributed by atoms with Gasteiger partial charge in [-0.1, -0.05) is 6.07 Å². The lowest BCUT2D eigenvalue weighted by molar-refractivity contribution is -0.00467. The topological polar surface area (TPSA) is 102 Å². The van der Waals surface area contributed by atoms with Crippen molar-refractivity contribution >= 4 is 22.8 Å². The third-order valence-corrected chi connectivity index (χ3v) is 8.37. The number of amides is 1. The van der Waals surface area contributed by atoms with E-state index < -0.39 is 5.67 Å². The number of nitrogens with zero attached hydrogens (tertiary/aromatic N) is 5. The number of fused-ring (bicyclic) bond motifs is 3. The monoisotopic (exact) mass is 554 g/mol. The first-order valence-electron chi connectivity index (χ1n) is 14.0. The maximum atomic E-state index is 14.9. The van der Waals surface area contributed by atoms with Crippen LogP contribution in [0.5, 0.6) is 0 Å². The van der Waals surface area contributed by atoms with Gasteiger partial charge in [-0.25, -0.2) is 19.3 Å². The van der Waals surface area contributed by atoms with E-state index in [0.29, 0.717) is 35.3 Å². The molecule has 0 aliphatic carbocycles. The van der Waals surface area contributed by atoms with E-state index >= 15 is 0 Å². The Bertz CT molecular complexity index is 1630. The third-order valence-electron chi connectivity index (χ3n) is 8.37. The molecule has 1 amide bonds. The van der Waals surface area contributed by atoms with Crippen LogP contribution in [0.3, 0.4) is 0 Å². The van der Waals surface area contributed by atoms with Gasteiger partial charge < -0.3 is 19.7 Å². The zero-order valence-corrected chi connectivity index (χ0v) is 22.8. The number of nitrogens with one attached hydrogen (secondary N) is 1. The van der Waals surface area contributed by atoms with E-state index in [-0.39, 0.29) is 19.1 Å². The molecule has 10 heteroatoms. The summed E-state index contributed by atoms with van der Waals surface area (Å²) in [5.41, 5.74) is 2.97. The summed E-state index contributed by atoms with van der Waals surface area (Å²) in [7, 11) is 0. The van der Waals surface area contributed by atoms with Crippen molar-refractivity contribution in [3.8, 4) is 11.4 Å². The van der Waals surface area contributed by atoms with E-state index in [0.717, 1.165) is 66.5 Å². The van der Waals surface area contributed by atoms with Gasteiger partial charge >= 0.3 is 0 Å². The van der Waals surface area contributed by atoms with E-state index in [1.807, 2.05) is 24.3 Å². The van der Waals surface area contributed by atoms with Crippen molar-refractivity contribution in [1.29, 1.82) is 0 Å². The van der Waals surface area contributed by atoms with Crippen LogP contribution in [0.25, 0.3) is 22.3 Å². The summed E-state index contributed by atoms with van der Waals surface area (Å²) in [6.07, 6.45) is 4.63. The SMILES string of the molecule is C[C@@]1(F)COCc2ccc(C(=O)NCc3cc4nc(-c5ccnc(N6CC[C@H]7COC[C@@H]7C6)n5)ccc4cn3)cc21. The molecule has 210 valence electrons.